The van der Waals surface area contributed by atoms with E-state index in [-0.39, 0.29) is 0 Å². The molecule has 2 fully saturated rings. The molecule has 1 aromatic carbocycles. The van der Waals surface area contributed by atoms with Gasteiger partial charge >= 0.3 is 0 Å². The van der Waals surface area contributed by atoms with Crippen molar-refractivity contribution in [3.63, 3.8) is 0 Å². The molecule has 1 saturated heterocycles. The Morgan fingerprint density at radius 3 is 2.70 bits per heavy atom. The van der Waals surface area contributed by atoms with E-state index >= 15 is 0 Å². The molecular weight excluding hydrogens is 286 g/mol. The number of nitrogens with one attached hydrogen (secondary N) is 1. The van der Waals surface area contributed by atoms with Gasteiger partial charge in [0.05, 0.1) is 12.6 Å². The van der Waals surface area contributed by atoms with Gasteiger partial charge < -0.3 is 15.3 Å². The van der Waals surface area contributed by atoms with Gasteiger partial charge in [-0.1, -0.05) is 36.8 Å². The first-order valence-electron chi connectivity index (χ1n) is 8.96. The van der Waals surface area contributed by atoms with Crippen molar-refractivity contribution in [2.45, 2.75) is 45.1 Å². The molecule has 1 aliphatic carbocycles. The molecule has 0 aromatic heterocycles. The average Bonchev–Trinajstić information content (AvgIpc) is 2.98. The minimum absolute atomic E-state index is 0.425. The molecule has 4 nitrogen and oxygen atoms in total. The second kappa shape index (κ2) is 7.35. The summed E-state index contributed by atoms with van der Waals surface area (Å²) in [6.07, 6.45) is 5.67. The van der Waals surface area contributed by atoms with E-state index in [4.69, 9.17) is 4.99 Å². The minimum Gasteiger partial charge on any atom is -0.391 e. The Balaban J connectivity index is 1.56. The van der Waals surface area contributed by atoms with E-state index in [2.05, 4.69) is 29.3 Å². The Morgan fingerprint density at radius 2 is 2.09 bits per heavy atom. The molecule has 23 heavy (non-hydrogen) atoms. The van der Waals surface area contributed by atoms with Gasteiger partial charge in [0.1, 0.15) is 0 Å². The predicted molar refractivity (Wildman–Crippen MR) is 94.6 cm³/mol. The summed E-state index contributed by atoms with van der Waals surface area (Å²) in [5.74, 6) is 0.975. The normalized spacial score (nSPS) is 21.3. The highest BCUT2D eigenvalue weighted by Gasteiger charge is 2.43. The van der Waals surface area contributed by atoms with Crippen LogP contribution in [0, 0.1) is 5.41 Å². The second-order valence-corrected chi connectivity index (χ2v) is 7.06. The maximum Gasteiger partial charge on any atom is 0.194 e. The lowest BCUT2D eigenvalue weighted by Gasteiger charge is -2.38. The van der Waals surface area contributed by atoms with E-state index in [0.717, 1.165) is 31.2 Å². The zero-order valence-electron chi connectivity index (χ0n) is 14.2. The maximum absolute atomic E-state index is 10.3. The summed E-state index contributed by atoms with van der Waals surface area (Å²) in [7, 11) is 0. The number of likely N-dealkylation sites (tertiary alicyclic amines) is 1. The fraction of sp³-hybridized carbons (Fsp3) is 0.632. The summed E-state index contributed by atoms with van der Waals surface area (Å²) in [5.41, 5.74) is 1.73. The number of aliphatic hydroxyl groups is 1. The van der Waals surface area contributed by atoms with Crippen molar-refractivity contribution in [1.82, 2.24) is 10.2 Å². The zero-order chi connectivity index (χ0) is 16.1. The van der Waals surface area contributed by atoms with Crippen LogP contribution in [0.5, 0.6) is 0 Å². The molecule has 0 radical (unpaired) electrons. The summed E-state index contributed by atoms with van der Waals surface area (Å²) in [5, 5.41) is 13.7. The summed E-state index contributed by atoms with van der Waals surface area (Å²) < 4.78 is 0. The number of hydrogen-bond acceptors (Lipinski definition) is 2. The van der Waals surface area contributed by atoms with Crippen molar-refractivity contribution in [2.75, 3.05) is 26.2 Å². The molecule has 1 saturated carbocycles. The molecule has 2 N–H and O–H groups in total. The van der Waals surface area contributed by atoms with Crippen molar-refractivity contribution < 1.29 is 5.11 Å². The fourth-order valence-electron chi connectivity index (χ4n) is 3.77. The van der Waals surface area contributed by atoms with Gasteiger partial charge in [0.2, 0.25) is 0 Å². The molecular formula is C19H29N3O. The molecule has 3 rings (SSSR count). The van der Waals surface area contributed by atoms with E-state index < -0.39 is 6.10 Å². The number of benzene rings is 1. The summed E-state index contributed by atoms with van der Waals surface area (Å²) in [6, 6.07) is 10.1. The Morgan fingerprint density at radius 1 is 1.30 bits per heavy atom. The van der Waals surface area contributed by atoms with Gasteiger partial charge in [-0.15, -0.1) is 0 Å². The summed E-state index contributed by atoms with van der Waals surface area (Å²) in [4.78, 5) is 7.08. The molecule has 1 spiro atoms. The Bertz CT molecular complexity index is 525. The van der Waals surface area contributed by atoms with Crippen LogP contribution in [0.4, 0.5) is 0 Å². The first-order valence-corrected chi connectivity index (χ1v) is 8.96. The van der Waals surface area contributed by atoms with E-state index in [9.17, 15) is 5.11 Å². The van der Waals surface area contributed by atoms with Gasteiger partial charge in [0, 0.05) is 26.1 Å². The van der Waals surface area contributed by atoms with Crippen molar-refractivity contribution in [1.29, 1.82) is 0 Å². The Labute approximate surface area is 139 Å². The van der Waals surface area contributed by atoms with Crippen molar-refractivity contribution in [2.24, 2.45) is 10.4 Å². The molecule has 0 bridgehead atoms. The van der Waals surface area contributed by atoms with Gasteiger partial charge in [0.15, 0.2) is 5.96 Å². The maximum atomic E-state index is 10.3. The van der Waals surface area contributed by atoms with Crippen LogP contribution in [-0.4, -0.2) is 48.2 Å². The number of nitrogens with zero attached hydrogens (tertiary/aromatic N) is 2. The van der Waals surface area contributed by atoms with E-state index in [1.807, 2.05) is 18.2 Å². The first kappa shape index (κ1) is 16.3. The lowest BCUT2D eigenvalue weighted by molar-refractivity contribution is 0.151. The average molecular weight is 315 g/mol. The lowest BCUT2D eigenvalue weighted by Crippen LogP contribution is -2.43. The molecule has 2 aliphatic rings. The molecule has 1 unspecified atom stereocenters. The van der Waals surface area contributed by atoms with Crippen molar-refractivity contribution >= 4 is 5.96 Å². The van der Waals surface area contributed by atoms with Gasteiger partial charge in [-0.2, -0.15) is 0 Å². The minimum atomic E-state index is -0.425. The van der Waals surface area contributed by atoms with Crippen LogP contribution in [0.1, 0.15) is 38.2 Å². The van der Waals surface area contributed by atoms with E-state index in [1.165, 1.54) is 25.7 Å². The molecule has 1 heterocycles. The highest BCUT2D eigenvalue weighted by atomic mass is 16.3. The number of hydrogen-bond donors (Lipinski definition) is 2. The molecule has 126 valence electrons. The second-order valence-electron chi connectivity index (χ2n) is 7.06. The van der Waals surface area contributed by atoms with Crippen LogP contribution in [0.2, 0.25) is 0 Å². The molecule has 0 amide bonds. The lowest BCUT2D eigenvalue weighted by atomic mass is 9.68. The van der Waals surface area contributed by atoms with Crippen molar-refractivity contribution in [3.8, 4) is 0 Å². The molecule has 1 atom stereocenters. The van der Waals surface area contributed by atoms with Gasteiger partial charge in [-0.25, -0.2) is 0 Å². The van der Waals surface area contributed by atoms with Gasteiger partial charge in [-0.05, 0) is 37.2 Å². The molecule has 1 aromatic rings. The summed E-state index contributed by atoms with van der Waals surface area (Å²) in [6.45, 7) is 5.66. The summed E-state index contributed by atoms with van der Waals surface area (Å²) >= 11 is 0. The monoisotopic (exact) mass is 315 g/mol. The van der Waals surface area contributed by atoms with Crippen molar-refractivity contribution in [3.05, 3.63) is 35.9 Å². The fourth-order valence-corrected chi connectivity index (χ4v) is 3.77. The predicted octanol–water partition coefficient (Wildman–Crippen LogP) is 2.43. The number of rotatable bonds is 5. The Kier molecular flexibility index (Phi) is 5.21. The number of guanidine groups is 1. The van der Waals surface area contributed by atoms with E-state index in [1.54, 1.807) is 0 Å². The highest BCUT2D eigenvalue weighted by molar-refractivity contribution is 5.80. The molecule has 1 aliphatic heterocycles. The highest BCUT2D eigenvalue weighted by Crippen LogP contribution is 2.47. The number of aliphatic hydroxyl groups excluding tert-OH is 1. The van der Waals surface area contributed by atoms with Gasteiger partial charge in [-0.3, -0.25) is 4.99 Å². The number of aliphatic imine (C=N–C) groups is 1. The van der Waals surface area contributed by atoms with Gasteiger partial charge in [0.25, 0.3) is 0 Å². The SMILES string of the molecule is CCNC(=NCC(O)Cc1ccccc1)N1CCC2(CCC2)C1. The molecule has 4 heteroatoms. The third-order valence-electron chi connectivity index (χ3n) is 5.25. The third-order valence-corrected chi connectivity index (χ3v) is 5.25. The van der Waals surface area contributed by atoms with Crippen LogP contribution >= 0.6 is 0 Å². The zero-order valence-corrected chi connectivity index (χ0v) is 14.2. The van der Waals surface area contributed by atoms with Crippen LogP contribution in [0.25, 0.3) is 0 Å². The topological polar surface area (TPSA) is 47.9 Å². The van der Waals surface area contributed by atoms with Crippen LogP contribution < -0.4 is 5.32 Å². The van der Waals surface area contributed by atoms with E-state index in [0.29, 0.717) is 18.4 Å². The van der Waals surface area contributed by atoms with Crippen LogP contribution in [0.3, 0.4) is 0 Å². The van der Waals surface area contributed by atoms with Crippen LogP contribution in [0.15, 0.2) is 35.3 Å². The van der Waals surface area contributed by atoms with Crippen LogP contribution in [-0.2, 0) is 6.42 Å². The first-order chi connectivity index (χ1) is 11.2. The quantitative estimate of drug-likeness (QED) is 0.648. The third kappa shape index (κ3) is 4.05. The smallest absolute Gasteiger partial charge is 0.194 e. The largest absolute Gasteiger partial charge is 0.391 e. The Hall–Kier alpha value is -1.55. The standard InChI is InChI=1S/C19H29N3O/c1-2-20-18(22-12-11-19(15-22)9-6-10-19)21-14-17(23)13-16-7-4-3-5-8-16/h3-5,7-8,17,23H,2,6,9-15H2,1H3,(H,20,21).